The molecule has 12 heteroatoms. The van der Waals surface area contributed by atoms with Crippen LogP contribution in [0.5, 0.6) is 0 Å². The van der Waals surface area contributed by atoms with Gasteiger partial charge in [-0.3, -0.25) is 9.59 Å². The Bertz CT molecular complexity index is 1050. The molecule has 0 spiro atoms. The maximum absolute atomic E-state index is 13.5. The Balaban J connectivity index is 0.00000353. The number of aliphatic hydroxyl groups is 5. The van der Waals surface area contributed by atoms with Crippen molar-refractivity contribution in [3.63, 3.8) is 0 Å². The fraction of sp³-hybridized carbons (Fsp3) is 0.815. The van der Waals surface area contributed by atoms with Crippen molar-refractivity contribution in [1.29, 1.82) is 0 Å². The molecule has 3 saturated carbocycles. The predicted octanol–water partition coefficient (Wildman–Crippen LogP) is -4.63. The number of carbonyl (C=O) groups excluding carboxylic acids is 3. The van der Waals surface area contributed by atoms with Crippen LogP contribution in [0.25, 0.3) is 0 Å². The molecule has 39 heavy (non-hydrogen) atoms. The van der Waals surface area contributed by atoms with E-state index >= 15 is 0 Å². The Morgan fingerprint density at radius 1 is 1.08 bits per heavy atom. The van der Waals surface area contributed by atoms with Gasteiger partial charge in [-0.15, -0.1) is 0 Å². The van der Waals surface area contributed by atoms with Crippen LogP contribution in [-0.2, 0) is 23.9 Å². The molecule has 0 unspecified atom stereocenters. The van der Waals surface area contributed by atoms with Crippen LogP contribution >= 0.6 is 0 Å². The third-order valence-electron chi connectivity index (χ3n) is 10.7. The molecule has 1 aliphatic heterocycles. The molecule has 12 atom stereocenters. The molecule has 11 nitrogen and oxygen atoms in total. The van der Waals surface area contributed by atoms with Crippen LogP contribution in [0.3, 0.4) is 0 Å². The summed E-state index contributed by atoms with van der Waals surface area (Å²) < 4.78 is 10.4. The molecule has 4 aliphatic carbocycles. The number of hydrogen-bond donors (Lipinski definition) is 5. The van der Waals surface area contributed by atoms with Crippen molar-refractivity contribution < 1.29 is 84.1 Å². The molecule has 5 aliphatic rings. The van der Waals surface area contributed by atoms with Gasteiger partial charge in [0.05, 0.1) is 12.1 Å². The number of allylic oxidation sites excluding steroid dienone is 1. The number of aliphatic carboxylic acids is 1. The third kappa shape index (κ3) is 4.70. The van der Waals surface area contributed by atoms with E-state index in [0.29, 0.717) is 19.3 Å². The molecule has 0 aromatic carbocycles. The maximum atomic E-state index is 13.5. The Kier molecular flexibility index (Phi) is 8.67. The molecule has 0 amide bonds. The average Bonchev–Trinajstić information content (AvgIpc) is 3.13. The van der Waals surface area contributed by atoms with E-state index in [2.05, 4.69) is 6.92 Å². The van der Waals surface area contributed by atoms with Crippen molar-refractivity contribution in [2.45, 2.75) is 101 Å². The van der Waals surface area contributed by atoms with Crippen molar-refractivity contribution in [2.75, 3.05) is 6.61 Å². The van der Waals surface area contributed by atoms with E-state index in [1.807, 2.05) is 6.92 Å². The molecule has 5 rings (SSSR count). The number of hydrogen-bond acceptors (Lipinski definition) is 11. The first-order valence-electron chi connectivity index (χ1n) is 13.4. The quantitative estimate of drug-likeness (QED) is 0.203. The third-order valence-corrected chi connectivity index (χ3v) is 10.7. The zero-order valence-electron chi connectivity index (χ0n) is 22.6. The van der Waals surface area contributed by atoms with E-state index in [1.165, 1.54) is 0 Å². The number of fused-ring (bicyclic) bond motifs is 5. The molecule has 0 aromatic heterocycles. The monoisotopic (exact) mass is 560 g/mol. The Labute approximate surface area is 248 Å². The Hall–Kier alpha value is -0.730. The van der Waals surface area contributed by atoms with E-state index in [4.69, 9.17) is 9.47 Å². The van der Waals surface area contributed by atoms with Gasteiger partial charge in [-0.25, -0.2) is 0 Å². The van der Waals surface area contributed by atoms with Crippen molar-refractivity contribution in [3.8, 4) is 0 Å². The summed E-state index contributed by atoms with van der Waals surface area (Å²) in [5, 5.41) is 64.5. The summed E-state index contributed by atoms with van der Waals surface area (Å²) in [5.41, 5.74) is -2.01. The van der Waals surface area contributed by atoms with Gasteiger partial charge in [0, 0.05) is 11.8 Å². The summed E-state index contributed by atoms with van der Waals surface area (Å²) in [5.74, 6) is -2.46. The Morgan fingerprint density at radius 3 is 2.44 bits per heavy atom. The smallest absolute Gasteiger partial charge is 0.547 e. The summed E-state index contributed by atoms with van der Waals surface area (Å²) in [4.78, 5) is 36.8. The first-order chi connectivity index (χ1) is 17.7. The number of carboxylic acid groups (broad SMARTS) is 1. The fourth-order valence-electron chi connectivity index (χ4n) is 8.61. The van der Waals surface area contributed by atoms with Gasteiger partial charge < -0.3 is 44.9 Å². The molecule has 1 saturated heterocycles. The zero-order chi connectivity index (χ0) is 27.8. The van der Waals surface area contributed by atoms with Gasteiger partial charge in [0.25, 0.3) is 0 Å². The predicted molar refractivity (Wildman–Crippen MR) is 126 cm³/mol. The average molecular weight is 561 g/mol. The first kappa shape index (κ1) is 31.2. The minimum atomic E-state index is -1.97. The number of Topliss-reactive ketones (excluding diaryl/α,β-unsaturated/α-hetero) is 1. The largest absolute Gasteiger partial charge is 1.00 e. The number of rotatable bonds is 5. The summed E-state index contributed by atoms with van der Waals surface area (Å²) in [7, 11) is 0. The van der Waals surface area contributed by atoms with E-state index in [0.717, 1.165) is 18.4 Å². The molecular weight excluding hydrogens is 523 g/mol. The van der Waals surface area contributed by atoms with Gasteiger partial charge in [-0.05, 0) is 67.8 Å². The van der Waals surface area contributed by atoms with E-state index in [1.54, 1.807) is 6.08 Å². The molecule has 0 radical (unpaired) electrons. The number of carbonyl (C=O) groups is 3. The normalized spacial score (nSPS) is 49.2. The molecule has 4 fully saturated rings. The second-order valence-corrected chi connectivity index (χ2v) is 12.4. The second kappa shape index (κ2) is 10.8. The van der Waals surface area contributed by atoms with Gasteiger partial charge in [0.2, 0.25) is 0 Å². The molecule has 212 valence electrons. The summed E-state index contributed by atoms with van der Waals surface area (Å²) in [6, 6.07) is 0. The fourth-order valence-corrected chi connectivity index (χ4v) is 8.61. The second-order valence-electron chi connectivity index (χ2n) is 12.4. The van der Waals surface area contributed by atoms with Crippen molar-refractivity contribution in [2.24, 2.45) is 28.6 Å². The molecule has 0 aromatic rings. The van der Waals surface area contributed by atoms with Crippen molar-refractivity contribution >= 4 is 17.5 Å². The zero-order valence-corrected chi connectivity index (χ0v) is 24.6. The first-order valence-corrected chi connectivity index (χ1v) is 13.4. The minimum absolute atomic E-state index is 0. The minimum Gasteiger partial charge on any atom is -0.547 e. The van der Waals surface area contributed by atoms with Gasteiger partial charge in [-0.1, -0.05) is 19.4 Å². The van der Waals surface area contributed by atoms with Crippen LogP contribution in [0.4, 0.5) is 0 Å². The molecular formula is C27H37NaO11. The van der Waals surface area contributed by atoms with Crippen molar-refractivity contribution in [1.82, 2.24) is 0 Å². The SMILES string of the molecule is C[C@]12CCC(=O)C=C1CC[C@@H]1[C@@H]2[C@@H](O)C[C@@]2(C)[C@H]1CC[C@]2(O)C(=O)CO[C@@H]1O[C@H](C(=O)[O-])[C@@H](O)[C@H](O)[C@H]1O.[Na+]. The summed E-state index contributed by atoms with van der Waals surface area (Å²) >= 11 is 0. The summed E-state index contributed by atoms with van der Waals surface area (Å²) in [6.07, 6.45) is -4.92. The van der Waals surface area contributed by atoms with Crippen LogP contribution in [0.1, 0.15) is 58.8 Å². The van der Waals surface area contributed by atoms with E-state index in [-0.39, 0.29) is 71.4 Å². The number of ketones is 2. The van der Waals surface area contributed by atoms with Gasteiger partial charge in [0.1, 0.15) is 36.6 Å². The summed E-state index contributed by atoms with van der Waals surface area (Å²) in [6.45, 7) is 3.20. The number of ether oxygens (including phenoxy) is 2. The molecule has 0 bridgehead atoms. The topological polar surface area (TPSA) is 194 Å². The van der Waals surface area contributed by atoms with E-state index < -0.39 is 66.2 Å². The number of aliphatic hydroxyl groups excluding tert-OH is 4. The standard InChI is InChI=1S/C27H38O11.Na/c1-25-7-5-13(28)9-12(25)3-4-14-15-6-8-27(36,26(15,2)10-16(29)18(14)25)17(30)11-37-24-21(33)19(31)20(32)22(38-24)23(34)35;/h9,14-16,18-22,24,29,31-33,36H,3-8,10-11H2,1-2H3,(H,34,35);/q;+1/p-1/t14-,15-,16-,18+,19-,20-,21+,22-,24+,25-,26-,27-;/m0./s1. The van der Waals surface area contributed by atoms with Gasteiger partial charge in [0.15, 0.2) is 17.9 Å². The van der Waals surface area contributed by atoms with E-state index in [9.17, 15) is 45.0 Å². The van der Waals surface area contributed by atoms with Gasteiger partial charge in [-0.2, -0.15) is 0 Å². The molecule has 1 heterocycles. The number of carboxylic acids is 1. The van der Waals surface area contributed by atoms with Crippen LogP contribution in [0, 0.1) is 28.6 Å². The molecule has 5 N–H and O–H groups in total. The Morgan fingerprint density at radius 2 is 1.77 bits per heavy atom. The van der Waals surface area contributed by atoms with Crippen molar-refractivity contribution in [3.05, 3.63) is 11.6 Å². The van der Waals surface area contributed by atoms with Crippen LogP contribution in [-0.4, -0.2) is 92.1 Å². The van der Waals surface area contributed by atoms with Crippen LogP contribution in [0.2, 0.25) is 0 Å². The van der Waals surface area contributed by atoms with Crippen LogP contribution in [0.15, 0.2) is 11.6 Å². The maximum Gasteiger partial charge on any atom is 1.00 e. The van der Waals surface area contributed by atoms with Crippen LogP contribution < -0.4 is 34.7 Å². The van der Waals surface area contributed by atoms with Gasteiger partial charge >= 0.3 is 29.6 Å².